The van der Waals surface area contributed by atoms with E-state index in [2.05, 4.69) is 4.98 Å². The first-order valence-corrected chi connectivity index (χ1v) is 4.13. The van der Waals surface area contributed by atoms with Crippen molar-refractivity contribution in [3.05, 3.63) is 52.7 Å². The Balaban J connectivity index is 2.48. The van der Waals surface area contributed by atoms with E-state index in [1.54, 1.807) is 36.7 Å². The Morgan fingerprint density at radius 3 is 2.43 bits per heavy atom. The summed E-state index contributed by atoms with van der Waals surface area (Å²) in [6.07, 6.45) is 3.97. The van der Waals surface area contributed by atoms with Gasteiger partial charge in [0.25, 0.3) is 0 Å². The molecule has 0 aliphatic heterocycles. The summed E-state index contributed by atoms with van der Waals surface area (Å²) in [5, 5.41) is 0. The van der Waals surface area contributed by atoms with Crippen molar-refractivity contribution in [2.75, 3.05) is 0 Å². The van der Waals surface area contributed by atoms with Crippen LogP contribution in [0, 0.1) is 0 Å². The largest absolute Gasteiger partial charge is 0.330 e. The van der Waals surface area contributed by atoms with Crippen molar-refractivity contribution < 1.29 is 4.79 Å². The van der Waals surface area contributed by atoms with Gasteiger partial charge < -0.3 is 4.98 Å². The summed E-state index contributed by atoms with van der Waals surface area (Å²) in [5.41, 5.74) is 1.14. The molecule has 70 valence electrons. The topological polar surface area (TPSA) is 54.9 Å². The number of nitrogens with zero attached hydrogens (tertiary/aromatic N) is 1. The fourth-order valence-electron chi connectivity index (χ4n) is 1.24. The lowest BCUT2D eigenvalue weighted by molar-refractivity contribution is 0.112. The van der Waals surface area contributed by atoms with Gasteiger partial charge in [-0.1, -0.05) is 0 Å². The van der Waals surface area contributed by atoms with Crippen LogP contribution in [0.2, 0.25) is 0 Å². The number of aromatic nitrogens is 2. The number of hydrogen-bond acceptors (Lipinski definition) is 2. The minimum Gasteiger partial charge on any atom is -0.312 e. The fourth-order valence-corrected chi connectivity index (χ4v) is 1.24. The Labute approximate surface area is 79.8 Å². The summed E-state index contributed by atoms with van der Waals surface area (Å²) in [4.78, 5) is 24.1. The molecule has 0 unspecified atom stereocenters. The van der Waals surface area contributed by atoms with Crippen molar-refractivity contribution in [3.8, 4) is 5.69 Å². The van der Waals surface area contributed by atoms with Crippen LogP contribution in [0.4, 0.5) is 0 Å². The van der Waals surface area contributed by atoms with Crippen LogP contribution in [-0.4, -0.2) is 15.8 Å². The Hall–Kier alpha value is -2.10. The van der Waals surface area contributed by atoms with Crippen molar-refractivity contribution in [2.45, 2.75) is 0 Å². The van der Waals surface area contributed by atoms with Crippen molar-refractivity contribution in [2.24, 2.45) is 0 Å². The van der Waals surface area contributed by atoms with Crippen molar-refractivity contribution in [1.82, 2.24) is 9.55 Å². The van der Waals surface area contributed by atoms with Gasteiger partial charge in [-0.2, -0.15) is 0 Å². The normalized spacial score (nSPS) is 10.0. The van der Waals surface area contributed by atoms with Gasteiger partial charge in [-0.25, -0.2) is 4.79 Å². The van der Waals surface area contributed by atoms with Crippen LogP contribution in [-0.2, 0) is 0 Å². The second-order valence-corrected chi connectivity index (χ2v) is 2.84. The first-order valence-electron chi connectivity index (χ1n) is 4.13. The molecule has 0 atom stereocenters. The number of carbonyl (C=O) groups is 1. The number of imidazole rings is 1. The number of H-pyrrole nitrogens is 1. The van der Waals surface area contributed by atoms with Gasteiger partial charge in [0.2, 0.25) is 0 Å². The average Bonchev–Trinajstić information content (AvgIpc) is 2.65. The molecule has 0 fully saturated rings. The highest BCUT2D eigenvalue weighted by Crippen LogP contribution is 2.05. The summed E-state index contributed by atoms with van der Waals surface area (Å²) in [5.74, 6) is 0. The highest BCUT2D eigenvalue weighted by Gasteiger charge is 1.98. The van der Waals surface area contributed by atoms with Gasteiger partial charge >= 0.3 is 5.69 Å². The number of carbonyl (C=O) groups excluding carboxylic acids is 1. The van der Waals surface area contributed by atoms with E-state index in [9.17, 15) is 9.59 Å². The van der Waals surface area contributed by atoms with E-state index in [0.29, 0.717) is 5.56 Å². The van der Waals surface area contributed by atoms with E-state index < -0.39 is 0 Å². The molecule has 1 heterocycles. The van der Waals surface area contributed by atoms with Crippen LogP contribution >= 0.6 is 0 Å². The summed E-state index contributed by atoms with van der Waals surface area (Å²) in [7, 11) is 0. The Morgan fingerprint density at radius 2 is 1.93 bits per heavy atom. The van der Waals surface area contributed by atoms with Crippen molar-refractivity contribution >= 4 is 6.29 Å². The first-order chi connectivity index (χ1) is 6.81. The minimum atomic E-state index is -0.191. The number of aromatic amines is 1. The van der Waals surface area contributed by atoms with E-state index in [4.69, 9.17) is 0 Å². The van der Waals surface area contributed by atoms with Crippen LogP contribution in [0.1, 0.15) is 10.4 Å². The van der Waals surface area contributed by atoms with Gasteiger partial charge in [0.05, 0.1) is 5.69 Å². The molecule has 0 bridgehead atoms. The third kappa shape index (κ3) is 1.37. The van der Waals surface area contributed by atoms with E-state index in [-0.39, 0.29) is 5.69 Å². The minimum absolute atomic E-state index is 0.191. The quantitative estimate of drug-likeness (QED) is 0.714. The van der Waals surface area contributed by atoms with Crippen LogP contribution < -0.4 is 5.69 Å². The molecule has 0 amide bonds. The lowest BCUT2D eigenvalue weighted by Gasteiger charge is -1.99. The van der Waals surface area contributed by atoms with Gasteiger partial charge in [-0.05, 0) is 24.3 Å². The summed E-state index contributed by atoms with van der Waals surface area (Å²) in [6, 6.07) is 6.78. The molecule has 1 aromatic heterocycles. The predicted octanol–water partition coefficient (Wildman–Crippen LogP) is 0.978. The van der Waals surface area contributed by atoms with Gasteiger partial charge in [0.15, 0.2) is 0 Å². The SMILES string of the molecule is O=Cc1ccc(-n2cc[nH]c2=O)cc1. The molecule has 1 aromatic carbocycles. The zero-order valence-electron chi connectivity index (χ0n) is 7.31. The predicted molar refractivity (Wildman–Crippen MR) is 51.8 cm³/mol. The summed E-state index contributed by atoms with van der Waals surface area (Å²) >= 11 is 0. The highest BCUT2D eigenvalue weighted by molar-refractivity contribution is 5.75. The molecule has 0 aliphatic rings. The van der Waals surface area contributed by atoms with Gasteiger partial charge in [-0.3, -0.25) is 9.36 Å². The van der Waals surface area contributed by atoms with Crippen molar-refractivity contribution in [1.29, 1.82) is 0 Å². The molecule has 0 saturated carbocycles. The maximum absolute atomic E-state index is 11.2. The van der Waals surface area contributed by atoms with Crippen LogP contribution in [0.15, 0.2) is 41.5 Å². The zero-order chi connectivity index (χ0) is 9.97. The third-order valence-electron chi connectivity index (χ3n) is 1.96. The van der Waals surface area contributed by atoms with E-state index in [0.717, 1.165) is 12.0 Å². The molecule has 2 rings (SSSR count). The lowest BCUT2D eigenvalue weighted by atomic mass is 10.2. The standard InChI is InChI=1S/C10H8N2O2/c13-7-8-1-3-9(4-2-8)12-6-5-11-10(12)14/h1-7H,(H,11,14). The molecule has 0 radical (unpaired) electrons. The lowest BCUT2D eigenvalue weighted by Crippen LogP contribution is -2.13. The smallest absolute Gasteiger partial charge is 0.312 e. The van der Waals surface area contributed by atoms with Crippen LogP contribution in [0.5, 0.6) is 0 Å². The molecular formula is C10H8N2O2. The van der Waals surface area contributed by atoms with Crippen LogP contribution in [0.3, 0.4) is 0 Å². The highest BCUT2D eigenvalue weighted by atomic mass is 16.1. The number of nitrogens with one attached hydrogen (secondary N) is 1. The molecule has 4 heteroatoms. The Morgan fingerprint density at radius 1 is 1.21 bits per heavy atom. The molecule has 0 spiro atoms. The zero-order valence-corrected chi connectivity index (χ0v) is 7.31. The second-order valence-electron chi connectivity index (χ2n) is 2.84. The Kier molecular flexibility index (Phi) is 2.02. The van der Waals surface area contributed by atoms with Crippen LogP contribution in [0.25, 0.3) is 5.69 Å². The van der Waals surface area contributed by atoms with E-state index in [1.807, 2.05) is 0 Å². The number of rotatable bonds is 2. The second kappa shape index (κ2) is 3.33. The van der Waals surface area contributed by atoms with Crippen molar-refractivity contribution in [3.63, 3.8) is 0 Å². The Bertz CT molecular complexity index is 493. The number of benzene rings is 1. The first kappa shape index (κ1) is 8.50. The van der Waals surface area contributed by atoms with E-state index >= 15 is 0 Å². The molecule has 0 aliphatic carbocycles. The third-order valence-corrected chi connectivity index (χ3v) is 1.96. The molecule has 2 aromatic rings. The maximum atomic E-state index is 11.2. The summed E-state index contributed by atoms with van der Waals surface area (Å²) in [6.45, 7) is 0. The van der Waals surface area contributed by atoms with Gasteiger partial charge in [0.1, 0.15) is 6.29 Å². The molecule has 0 saturated heterocycles. The maximum Gasteiger partial charge on any atom is 0.330 e. The molecular weight excluding hydrogens is 180 g/mol. The molecule has 4 nitrogen and oxygen atoms in total. The van der Waals surface area contributed by atoms with Gasteiger partial charge in [-0.15, -0.1) is 0 Å². The monoisotopic (exact) mass is 188 g/mol. The summed E-state index contributed by atoms with van der Waals surface area (Å²) < 4.78 is 1.47. The van der Waals surface area contributed by atoms with Gasteiger partial charge in [0, 0.05) is 18.0 Å². The fraction of sp³-hybridized carbons (Fsp3) is 0. The average molecular weight is 188 g/mol. The van der Waals surface area contributed by atoms with E-state index in [1.165, 1.54) is 4.57 Å². The molecule has 1 N–H and O–H groups in total. The number of hydrogen-bond donors (Lipinski definition) is 1. The molecule has 14 heavy (non-hydrogen) atoms. The number of aldehydes is 1.